The van der Waals surface area contributed by atoms with Gasteiger partial charge in [0.05, 0.1) is 28.4 Å². The summed E-state index contributed by atoms with van der Waals surface area (Å²) in [5.41, 5.74) is 16.4. The fourth-order valence-corrected chi connectivity index (χ4v) is 3.64. The Morgan fingerprint density at radius 1 is 0.710 bits per heavy atom. The highest BCUT2D eigenvalue weighted by molar-refractivity contribution is 6.02. The van der Waals surface area contributed by atoms with Crippen molar-refractivity contribution >= 4 is 29.3 Å². The number of hydrogen-bond acceptors (Lipinski definition) is 7. The van der Waals surface area contributed by atoms with Gasteiger partial charge in [-0.25, -0.2) is 0 Å². The molecule has 164 valence electrons. The lowest BCUT2D eigenvalue weighted by atomic mass is 9.87. The van der Waals surface area contributed by atoms with Crippen LogP contribution in [-0.4, -0.2) is 34.2 Å². The highest BCUT2D eigenvalue weighted by Gasteiger charge is 2.20. The number of methoxy groups -OCH3 is 4. The maximum Gasteiger partial charge on any atom is 0.162 e. The van der Waals surface area contributed by atoms with Gasteiger partial charge in [0.1, 0.15) is 34.4 Å². The third-order valence-electron chi connectivity index (χ3n) is 5.31. The van der Waals surface area contributed by atoms with E-state index >= 15 is 0 Å². The molecule has 7 nitrogen and oxygen atoms in total. The number of hydrogen-bond donors (Lipinski definition) is 2. The van der Waals surface area contributed by atoms with Crippen LogP contribution in [0.1, 0.15) is 30.4 Å². The largest absolute Gasteiger partial charge is 0.494 e. The van der Waals surface area contributed by atoms with Crippen LogP contribution < -0.4 is 30.4 Å². The summed E-state index contributed by atoms with van der Waals surface area (Å²) >= 11 is 0. The minimum Gasteiger partial charge on any atom is -0.494 e. The normalized spacial score (nSPS) is 16.5. The minimum absolute atomic E-state index is 0.0848. The summed E-state index contributed by atoms with van der Waals surface area (Å²) in [5, 5.41) is 0. The van der Waals surface area contributed by atoms with Crippen molar-refractivity contribution in [3.8, 4) is 23.0 Å². The average Bonchev–Trinajstić information content (AvgIpc) is 2.77. The molecule has 0 aliphatic heterocycles. The fraction of sp³-hybridized carbons (Fsp3) is 0.292. The lowest BCUT2D eigenvalue weighted by molar-refractivity contribution is -0.115. The number of benzene rings is 2. The van der Waals surface area contributed by atoms with Gasteiger partial charge in [-0.1, -0.05) is 11.6 Å². The number of carbonyl (C=O) groups is 1. The third kappa shape index (κ3) is 4.77. The van der Waals surface area contributed by atoms with Gasteiger partial charge in [0.15, 0.2) is 5.78 Å². The maximum atomic E-state index is 12.8. The predicted molar refractivity (Wildman–Crippen MR) is 123 cm³/mol. The van der Waals surface area contributed by atoms with E-state index in [1.165, 1.54) is 0 Å². The molecule has 4 N–H and O–H groups in total. The first-order chi connectivity index (χ1) is 14.9. The van der Waals surface area contributed by atoms with Crippen molar-refractivity contribution in [2.75, 3.05) is 39.9 Å². The molecule has 0 amide bonds. The van der Waals surface area contributed by atoms with E-state index in [1.807, 2.05) is 24.3 Å². The topological polar surface area (TPSA) is 106 Å². The van der Waals surface area contributed by atoms with Crippen LogP contribution in [-0.2, 0) is 4.79 Å². The first kappa shape index (κ1) is 22.1. The first-order valence-electron chi connectivity index (χ1n) is 9.86. The number of nitrogen functional groups attached to an aromatic ring is 2. The van der Waals surface area contributed by atoms with E-state index in [0.717, 1.165) is 28.7 Å². The molecule has 1 aliphatic rings. The maximum absolute atomic E-state index is 12.8. The summed E-state index contributed by atoms with van der Waals surface area (Å²) in [6.07, 6.45) is 5.64. The summed E-state index contributed by atoms with van der Waals surface area (Å²) < 4.78 is 21.3. The second kappa shape index (κ2) is 9.47. The molecule has 1 saturated carbocycles. The van der Waals surface area contributed by atoms with Crippen molar-refractivity contribution in [3.05, 3.63) is 46.5 Å². The quantitative estimate of drug-likeness (QED) is 0.531. The van der Waals surface area contributed by atoms with Crippen LogP contribution in [0.15, 0.2) is 35.4 Å². The van der Waals surface area contributed by atoms with E-state index in [9.17, 15) is 4.79 Å². The zero-order valence-electron chi connectivity index (χ0n) is 18.3. The van der Waals surface area contributed by atoms with E-state index < -0.39 is 0 Å². The molecule has 0 bridgehead atoms. The molecule has 0 unspecified atom stereocenters. The van der Waals surface area contributed by atoms with E-state index in [-0.39, 0.29) is 5.78 Å². The lowest BCUT2D eigenvalue weighted by Gasteiger charge is -2.18. The van der Waals surface area contributed by atoms with E-state index in [4.69, 9.17) is 30.4 Å². The van der Waals surface area contributed by atoms with Crippen molar-refractivity contribution in [1.82, 2.24) is 0 Å². The number of anilines is 2. The first-order valence-corrected chi connectivity index (χ1v) is 9.86. The van der Waals surface area contributed by atoms with Gasteiger partial charge in [-0.3, -0.25) is 4.79 Å². The number of ether oxygens (including phenoxy) is 4. The monoisotopic (exact) mass is 424 g/mol. The van der Waals surface area contributed by atoms with Gasteiger partial charge in [0.2, 0.25) is 0 Å². The van der Waals surface area contributed by atoms with Crippen LogP contribution in [0.2, 0.25) is 0 Å². The number of allylic oxidation sites excluding steroid dienone is 2. The number of ketones is 1. The van der Waals surface area contributed by atoms with Crippen molar-refractivity contribution in [1.29, 1.82) is 0 Å². The smallest absolute Gasteiger partial charge is 0.162 e. The Kier molecular flexibility index (Phi) is 6.74. The molecule has 0 radical (unpaired) electrons. The summed E-state index contributed by atoms with van der Waals surface area (Å²) in [5.74, 6) is 2.20. The standard InChI is InChI=1S/C24H28N2O5/c1-28-19-10-15(11-20(29-2)23(19)25)7-14-5-6-17(18(27)9-14)8-16-12-21(30-3)24(26)22(13-16)31-4/h7-8,10-13H,5-6,9,25-26H2,1-4H3. The van der Waals surface area contributed by atoms with Crippen molar-refractivity contribution in [2.24, 2.45) is 0 Å². The van der Waals surface area contributed by atoms with Gasteiger partial charge < -0.3 is 30.4 Å². The van der Waals surface area contributed by atoms with Crippen LogP contribution in [0, 0.1) is 0 Å². The SMILES string of the molecule is COc1cc(C=C2CCC(=Cc3cc(OC)c(N)c(OC)c3)C(=O)C2)cc(OC)c1N. The fourth-order valence-electron chi connectivity index (χ4n) is 3.64. The van der Waals surface area contributed by atoms with Gasteiger partial charge >= 0.3 is 0 Å². The second-order valence-corrected chi connectivity index (χ2v) is 7.25. The van der Waals surface area contributed by atoms with Crippen LogP contribution in [0.5, 0.6) is 23.0 Å². The summed E-state index contributed by atoms with van der Waals surface area (Å²) in [6.45, 7) is 0. The lowest BCUT2D eigenvalue weighted by Crippen LogP contribution is -2.11. The zero-order valence-corrected chi connectivity index (χ0v) is 18.3. The van der Waals surface area contributed by atoms with Crippen LogP contribution in [0.25, 0.3) is 12.2 Å². The Bertz CT molecular complexity index is 1010. The van der Waals surface area contributed by atoms with Crippen LogP contribution >= 0.6 is 0 Å². The Labute approximate surface area is 182 Å². The zero-order chi connectivity index (χ0) is 22.5. The number of carbonyl (C=O) groups excluding carboxylic acids is 1. The Morgan fingerprint density at radius 3 is 1.52 bits per heavy atom. The Balaban J connectivity index is 1.84. The highest BCUT2D eigenvalue weighted by atomic mass is 16.5. The molecule has 0 heterocycles. The van der Waals surface area contributed by atoms with E-state index in [0.29, 0.717) is 47.2 Å². The van der Waals surface area contributed by atoms with Crippen LogP contribution in [0.3, 0.4) is 0 Å². The highest BCUT2D eigenvalue weighted by Crippen LogP contribution is 2.37. The molecule has 1 aliphatic carbocycles. The third-order valence-corrected chi connectivity index (χ3v) is 5.31. The number of nitrogens with two attached hydrogens (primary N) is 2. The van der Waals surface area contributed by atoms with E-state index in [1.54, 1.807) is 40.6 Å². The molecule has 3 rings (SSSR count). The molecule has 0 spiro atoms. The van der Waals surface area contributed by atoms with Gasteiger partial charge in [0, 0.05) is 6.42 Å². The molecule has 2 aromatic carbocycles. The van der Waals surface area contributed by atoms with Gasteiger partial charge in [-0.2, -0.15) is 0 Å². The number of Topliss-reactive ketones (excluding diaryl/α,β-unsaturated/α-hetero) is 1. The second-order valence-electron chi connectivity index (χ2n) is 7.25. The summed E-state index contributed by atoms with van der Waals surface area (Å²) in [4.78, 5) is 12.8. The van der Waals surface area contributed by atoms with E-state index in [2.05, 4.69) is 0 Å². The molecule has 0 saturated heterocycles. The van der Waals surface area contributed by atoms with Gasteiger partial charge in [-0.05, 0) is 59.9 Å². The molecule has 0 atom stereocenters. The van der Waals surface area contributed by atoms with Gasteiger partial charge in [0.25, 0.3) is 0 Å². The Hall–Kier alpha value is -3.61. The molecule has 0 aromatic heterocycles. The summed E-state index contributed by atoms with van der Waals surface area (Å²) in [6, 6.07) is 7.29. The predicted octanol–water partition coefficient (Wildman–Crippen LogP) is 4.11. The van der Waals surface area contributed by atoms with Crippen LogP contribution in [0.4, 0.5) is 11.4 Å². The molecule has 31 heavy (non-hydrogen) atoms. The molecular formula is C24H28N2O5. The molecule has 7 heteroatoms. The molecule has 1 fully saturated rings. The van der Waals surface area contributed by atoms with Crippen molar-refractivity contribution in [2.45, 2.75) is 19.3 Å². The molecular weight excluding hydrogens is 396 g/mol. The average molecular weight is 424 g/mol. The van der Waals surface area contributed by atoms with Crippen molar-refractivity contribution < 1.29 is 23.7 Å². The summed E-state index contributed by atoms with van der Waals surface area (Å²) in [7, 11) is 6.22. The molecule has 2 aromatic rings. The minimum atomic E-state index is 0.0848. The Morgan fingerprint density at radius 2 is 1.13 bits per heavy atom. The number of rotatable bonds is 6. The van der Waals surface area contributed by atoms with Crippen molar-refractivity contribution in [3.63, 3.8) is 0 Å². The van der Waals surface area contributed by atoms with Gasteiger partial charge in [-0.15, -0.1) is 0 Å².